The zero-order chi connectivity index (χ0) is 25.8. The van der Waals surface area contributed by atoms with Gasteiger partial charge < -0.3 is 29.4 Å². The Kier molecular flexibility index (Phi) is 7.17. The van der Waals surface area contributed by atoms with E-state index in [1.807, 2.05) is 0 Å². The molecule has 0 radical (unpaired) electrons. The van der Waals surface area contributed by atoms with Gasteiger partial charge in [0, 0.05) is 42.8 Å². The lowest BCUT2D eigenvalue weighted by Crippen LogP contribution is -2.40. The van der Waals surface area contributed by atoms with E-state index in [1.54, 1.807) is 42.1 Å². The summed E-state index contributed by atoms with van der Waals surface area (Å²) >= 11 is 0. The van der Waals surface area contributed by atoms with Crippen molar-refractivity contribution >= 4 is 34.5 Å². The first-order valence-corrected chi connectivity index (χ1v) is 12.2. The Balaban J connectivity index is 1.14. The van der Waals surface area contributed by atoms with Gasteiger partial charge in [-0.3, -0.25) is 14.9 Å². The number of hydrogen-bond donors (Lipinski definition) is 3. The number of rotatable bonds is 7. The van der Waals surface area contributed by atoms with Crippen LogP contribution in [-0.4, -0.2) is 58.9 Å². The van der Waals surface area contributed by atoms with Gasteiger partial charge in [-0.25, -0.2) is 14.8 Å². The molecule has 5 rings (SSSR count). The number of nitrogens with one attached hydrogen (secondary N) is 3. The van der Waals surface area contributed by atoms with Gasteiger partial charge in [0.15, 0.2) is 18.2 Å². The van der Waals surface area contributed by atoms with Crippen molar-refractivity contribution in [2.45, 2.75) is 44.4 Å². The van der Waals surface area contributed by atoms with Gasteiger partial charge in [0.05, 0.1) is 12.6 Å². The third-order valence-electron chi connectivity index (χ3n) is 6.43. The second-order valence-electron chi connectivity index (χ2n) is 8.96. The molecule has 37 heavy (non-hydrogen) atoms. The quantitative estimate of drug-likeness (QED) is 0.437. The Morgan fingerprint density at radius 2 is 2.14 bits per heavy atom. The fourth-order valence-corrected chi connectivity index (χ4v) is 4.65. The number of amides is 2. The summed E-state index contributed by atoms with van der Waals surface area (Å²) in [7, 11) is 1.54. The fourth-order valence-electron chi connectivity index (χ4n) is 4.65. The highest BCUT2D eigenvalue weighted by atomic mass is 16.6. The van der Waals surface area contributed by atoms with Crippen LogP contribution in [0.5, 0.6) is 11.6 Å². The Morgan fingerprint density at radius 1 is 1.24 bits per heavy atom. The second-order valence-corrected chi connectivity index (χ2v) is 8.96. The molecule has 0 spiro atoms. The number of hydrogen-bond acceptors (Lipinski definition) is 9. The molecule has 3 N–H and O–H groups in total. The number of carbonyl (C=O) groups excluding carboxylic acids is 2. The van der Waals surface area contributed by atoms with Gasteiger partial charge in [0.2, 0.25) is 5.88 Å². The highest BCUT2D eigenvalue weighted by Gasteiger charge is 2.25. The monoisotopic (exact) mass is 508 g/mol. The lowest BCUT2D eigenvalue weighted by Gasteiger charge is -2.29. The van der Waals surface area contributed by atoms with Crippen LogP contribution >= 0.6 is 0 Å². The minimum absolute atomic E-state index is 0.0642. The van der Waals surface area contributed by atoms with Crippen LogP contribution in [0.15, 0.2) is 41.3 Å². The molecule has 12 nitrogen and oxygen atoms in total. The first-order chi connectivity index (χ1) is 18.0. The van der Waals surface area contributed by atoms with E-state index in [0.717, 1.165) is 30.2 Å². The summed E-state index contributed by atoms with van der Waals surface area (Å²) in [5.41, 5.74) is 0.676. The van der Waals surface area contributed by atoms with Crippen molar-refractivity contribution in [3.8, 4) is 11.6 Å². The predicted molar refractivity (Wildman–Crippen MR) is 135 cm³/mol. The summed E-state index contributed by atoms with van der Waals surface area (Å²) in [5, 5.41) is 9.58. The second kappa shape index (κ2) is 10.8. The van der Waals surface area contributed by atoms with Crippen molar-refractivity contribution in [3.05, 3.63) is 46.9 Å². The van der Waals surface area contributed by atoms with E-state index in [1.165, 1.54) is 6.07 Å². The third-order valence-corrected chi connectivity index (χ3v) is 6.43. The number of anilines is 2. The summed E-state index contributed by atoms with van der Waals surface area (Å²) in [6.07, 6.45) is 4.13. The van der Waals surface area contributed by atoms with Crippen LogP contribution in [-0.2, 0) is 16.1 Å². The van der Waals surface area contributed by atoms with Crippen LogP contribution in [0.3, 0.4) is 0 Å². The van der Waals surface area contributed by atoms with E-state index in [2.05, 4.69) is 25.9 Å². The molecular weight excluding hydrogens is 480 g/mol. The molecule has 4 heterocycles. The van der Waals surface area contributed by atoms with Gasteiger partial charge in [0.25, 0.3) is 11.5 Å². The maximum Gasteiger partial charge on any atom is 0.413 e. The van der Waals surface area contributed by atoms with E-state index in [0.29, 0.717) is 31.1 Å². The molecule has 2 unspecified atom stereocenters. The zero-order valence-corrected chi connectivity index (χ0v) is 20.4. The third kappa shape index (κ3) is 5.80. The normalized spacial score (nSPS) is 18.9. The largest absolute Gasteiger partial charge is 0.481 e. The molecule has 0 bridgehead atoms. The molecule has 2 aliphatic rings. The summed E-state index contributed by atoms with van der Waals surface area (Å²) in [6.45, 7) is 1.00. The lowest BCUT2D eigenvalue weighted by molar-refractivity contribution is -0.118. The molecule has 194 valence electrons. The van der Waals surface area contributed by atoms with E-state index in [4.69, 9.17) is 14.2 Å². The summed E-state index contributed by atoms with van der Waals surface area (Å²) in [5.74, 6) is 1.11. The van der Waals surface area contributed by atoms with Crippen LogP contribution in [0, 0.1) is 0 Å². The SMILES string of the molecule is COc1cc2c(ccc(=O)n2CCNC2CCCC(OC(=O)Nc3ccc4c(n3)NC(=O)CO4)C2)cn1. The molecule has 1 aliphatic carbocycles. The van der Waals surface area contributed by atoms with Gasteiger partial charge in [-0.15, -0.1) is 0 Å². The van der Waals surface area contributed by atoms with E-state index in [9.17, 15) is 14.4 Å². The number of nitrogens with zero attached hydrogens (tertiary/aromatic N) is 3. The van der Waals surface area contributed by atoms with Crippen LogP contribution in [0.2, 0.25) is 0 Å². The topological polar surface area (TPSA) is 146 Å². The van der Waals surface area contributed by atoms with Crippen molar-refractivity contribution in [3.63, 3.8) is 0 Å². The van der Waals surface area contributed by atoms with Crippen LogP contribution in [0.25, 0.3) is 10.9 Å². The van der Waals surface area contributed by atoms with Gasteiger partial charge >= 0.3 is 6.09 Å². The van der Waals surface area contributed by atoms with Gasteiger partial charge in [-0.1, -0.05) is 0 Å². The highest BCUT2D eigenvalue weighted by molar-refractivity contribution is 5.94. The average molecular weight is 509 g/mol. The Bertz CT molecular complexity index is 1380. The maximum atomic E-state index is 12.5. The Hall–Kier alpha value is -4.19. The Morgan fingerprint density at radius 3 is 3.00 bits per heavy atom. The van der Waals surface area contributed by atoms with Crippen LogP contribution in [0.4, 0.5) is 16.4 Å². The van der Waals surface area contributed by atoms with Gasteiger partial charge in [-0.05, 0) is 43.9 Å². The zero-order valence-electron chi connectivity index (χ0n) is 20.4. The van der Waals surface area contributed by atoms with Crippen molar-refractivity contribution in [1.29, 1.82) is 0 Å². The number of aromatic nitrogens is 3. The summed E-state index contributed by atoms with van der Waals surface area (Å²) < 4.78 is 17.8. The molecule has 1 saturated carbocycles. The van der Waals surface area contributed by atoms with Crippen molar-refractivity contribution in [2.75, 3.05) is 30.9 Å². The molecule has 1 fully saturated rings. The van der Waals surface area contributed by atoms with Gasteiger partial charge in [-0.2, -0.15) is 0 Å². The molecule has 12 heteroatoms. The fraction of sp³-hybridized carbons (Fsp3) is 0.400. The molecule has 1 aliphatic heterocycles. The number of pyridine rings is 3. The molecule has 3 aromatic rings. The molecule has 2 amide bonds. The number of ether oxygens (including phenoxy) is 3. The summed E-state index contributed by atoms with van der Waals surface area (Å²) in [4.78, 5) is 44.9. The van der Waals surface area contributed by atoms with Crippen molar-refractivity contribution in [2.24, 2.45) is 0 Å². The number of carbonyl (C=O) groups is 2. The lowest BCUT2D eigenvalue weighted by atomic mass is 9.93. The Labute approximate surface area is 212 Å². The highest BCUT2D eigenvalue weighted by Crippen LogP contribution is 2.27. The number of fused-ring (bicyclic) bond motifs is 2. The molecule has 0 aromatic carbocycles. The van der Waals surface area contributed by atoms with E-state index < -0.39 is 6.09 Å². The maximum absolute atomic E-state index is 12.5. The first-order valence-electron chi connectivity index (χ1n) is 12.2. The molecule has 0 saturated heterocycles. The van der Waals surface area contributed by atoms with Crippen LogP contribution in [0.1, 0.15) is 25.7 Å². The predicted octanol–water partition coefficient (Wildman–Crippen LogP) is 2.28. The van der Waals surface area contributed by atoms with Gasteiger partial charge in [0.1, 0.15) is 11.9 Å². The van der Waals surface area contributed by atoms with E-state index >= 15 is 0 Å². The minimum Gasteiger partial charge on any atom is -0.481 e. The number of methoxy groups -OCH3 is 1. The first kappa shape index (κ1) is 24.5. The minimum atomic E-state index is -0.606. The standard InChI is InChI=1S/C25H28N6O6/c1-35-22-12-18-15(13-27-22)5-8-23(33)31(18)10-9-26-16-3-2-4-17(11-16)37-25(34)29-20-7-6-19-24(28-20)30-21(32)14-36-19/h5-8,12-13,16-17,26H,2-4,9-11,14H2,1H3,(H2,28,29,30,32,34). The average Bonchev–Trinajstić information content (AvgIpc) is 2.89. The molecule has 3 aromatic heterocycles. The van der Waals surface area contributed by atoms with Crippen LogP contribution < -0.4 is 31.0 Å². The molecular formula is C25H28N6O6. The van der Waals surface area contributed by atoms with E-state index in [-0.39, 0.29) is 41.9 Å². The summed E-state index contributed by atoms with van der Waals surface area (Å²) in [6, 6.07) is 8.43. The van der Waals surface area contributed by atoms with Crippen molar-refractivity contribution < 1.29 is 23.8 Å². The molecule has 2 atom stereocenters. The smallest absolute Gasteiger partial charge is 0.413 e. The van der Waals surface area contributed by atoms with Crippen molar-refractivity contribution in [1.82, 2.24) is 19.9 Å².